The van der Waals surface area contributed by atoms with Crippen molar-refractivity contribution in [2.24, 2.45) is 0 Å². The number of anilines is 1. The molecule has 16 heavy (non-hydrogen) atoms. The molecule has 0 saturated carbocycles. The lowest BCUT2D eigenvalue weighted by Crippen LogP contribution is -2.13. The van der Waals surface area contributed by atoms with E-state index in [1.54, 1.807) is 6.07 Å². The number of pyridine rings is 1. The van der Waals surface area contributed by atoms with Gasteiger partial charge in [0.15, 0.2) is 0 Å². The normalized spacial score (nSPS) is 10.1. The molecule has 1 heterocycles. The first-order valence-electron chi connectivity index (χ1n) is 5.22. The van der Waals surface area contributed by atoms with Crippen molar-refractivity contribution in [2.75, 3.05) is 18.5 Å². The van der Waals surface area contributed by atoms with Gasteiger partial charge in [-0.25, -0.2) is 4.98 Å². The van der Waals surface area contributed by atoms with Gasteiger partial charge in [-0.1, -0.05) is 6.07 Å². The van der Waals surface area contributed by atoms with Crippen LogP contribution in [0.2, 0.25) is 0 Å². The highest BCUT2D eigenvalue weighted by atomic mass is 79.9. The van der Waals surface area contributed by atoms with E-state index >= 15 is 0 Å². The van der Waals surface area contributed by atoms with Gasteiger partial charge in [0.1, 0.15) is 10.4 Å². The monoisotopic (exact) mass is 286 g/mol. The van der Waals surface area contributed by atoms with Crippen LogP contribution in [-0.4, -0.2) is 24.1 Å². The Hall–Kier alpha value is -0.940. The van der Waals surface area contributed by atoms with Crippen LogP contribution in [0.5, 0.6) is 0 Å². The first-order chi connectivity index (χ1) is 7.72. The van der Waals surface area contributed by atoms with E-state index in [9.17, 15) is 4.79 Å². The number of carbonyl (C=O) groups excluding carboxylic acids is 1. The maximum Gasteiger partial charge on any atom is 0.225 e. The number of hydrogen-bond acceptors (Lipinski definition) is 3. The second kappa shape index (κ2) is 7.35. The van der Waals surface area contributed by atoms with Crippen LogP contribution >= 0.6 is 15.9 Å². The average Bonchev–Trinajstić information content (AvgIpc) is 2.24. The fourth-order valence-electron chi connectivity index (χ4n) is 1.16. The zero-order valence-electron chi connectivity index (χ0n) is 9.20. The fourth-order valence-corrected chi connectivity index (χ4v) is 1.51. The van der Waals surface area contributed by atoms with Gasteiger partial charge in [0.05, 0.1) is 0 Å². The van der Waals surface area contributed by atoms with Gasteiger partial charge in [0.2, 0.25) is 5.91 Å². The van der Waals surface area contributed by atoms with Gasteiger partial charge in [0, 0.05) is 19.6 Å². The molecule has 1 N–H and O–H groups in total. The zero-order chi connectivity index (χ0) is 11.8. The molecule has 1 amide bonds. The number of nitrogens with one attached hydrogen (secondary N) is 1. The molecule has 0 aromatic carbocycles. The molecular weight excluding hydrogens is 272 g/mol. The third-order valence-electron chi connectivity index (χ3n) is 1.88. The van der Waals surface area contributed by atoms with E-state index in [4.69, 9.17) is 4.74 Å². The lowest BCUT2D eigenvalue weighted by molar-refractivity contribution is -0.116. The van der Waals surface area contributed by atoms with Gasteiger partial charge in [-0.2, -0.15) is 0 Å². The number of ether oxygens (including phenoxy) is 1. The molecule has 0 aliphatic heterocycles. The SMILES string of the molecule is CCOCCCC(=O)Nc1cccc(Br)n1. The Morgan fingerprint density at radius 2 is 2.38 bits per heavy atom. The van der Waals surface area contributed by atoms with E-state index in [2.05, 4.69) is 26.2 Å². The summed E-state index contributed by atoms with van der Waals surface area (Å²) in [5.74, 6) is 0.529. The highest BCUT2D eigenvalue weighted by Gasteiger charge is 2.03. The molecule has 0 aliphatic rings. The molecule has 1 aromatic rings. The van der Waals surface area contributed by atoms with E-state index in [1.807, 2.05) is 19.1 Å². The molecule has 0 spiro atoms. The first-order valence-corrected chi connectivity index (χ1v) is 6.02. The van der Waals surface area contributed by atoms with Crippen molar-refractivity contribution in [2.45, 2.75) is 19.8 Å². The molecule has 88 valence electrons. The van der Waals surface area contributed by atoms with Crippen LogP contribution in [0.25, 0.3) is 0 Å². The van der Waals surface area contributed by atoms with Gasteiger partial charge >= 0.3 is 0 Å². The number of rotatable bonds is 6. The van der Waals surface area contributed by atoms with Gasteiger partial charge in [-0.3, -0.25) is 4.79 Å². The average molecular weight is 287 g/mol. The third kappa shape index (κ3) is 5.23. The largest absolute Gasteiger partial charge is 0.382 e. The Bertz CT molecular complexity index is 345. The maximum atomic E-state index is 11.5. The summed E-state index contributed by atoms with van der Waals surface area (Å²) in [6, 6.07) is 5.39. The van der Waals surface area contributed by atoms with Gasteiger partial charge in [0.25, 0.3) is 0 Å². The third-order valence-corrected chi connectivity index (χ3v) is 2.32. The summed E-state index contributed by atoms with van der Waals surface area (Å²) < 4.78 is 5.86. The number of halogens is 1. The molecular formula is C11H15BrN2O2. The number of nitrogens with zero attached hydrogens (tertiary/aromatic N) is 1. The Morgan fingerprint density at radius 3 is 3.06 bits per heavy atom. The number of amides is 1. The molecule has 0 radical (unpaired) electrons. The van der Waals surface area contributed by atoms with Crippen molar-refractivity contribution >= 4 is 27.7 Å². The Labute approximate surface area is 104 Å². The molecule has 0 unspecified atom stereocenters. The predicted molar refractivity (Wildman–Crippen MR) is 66.3 cm³/mol. The Morgan fingerprint density at radius 1 is 1.56 bits per heavy atom. The van der Waals surface area contributed by atoms with E-state index in [0.29, 0.717) is 30.1 Å². The standard InChI is InChI=1S/C11H15BrN2O2/c1-2-16-8-4-7-11(15)14-10-6-3-5-9(12)13-10/h3,5-6H,2,4,7-8H2,1H3,(H,13,14,15). The summed E-state index contributed by atoms with van der Waals surface area (Å²) in [6.07, 6.45) is 1.18. The van der Waals surface area contributed by atoms with Crippen molar-refractivity contribution in [1.29, 1.82) is 0 Å². The fraction of sp³-hybridized carbons (Fsp3) is 0.455. The number of carbonyl (C=O) groups is 1. The van der Waals surface area contributed by atoms with E-state index < -0.39 is 0 Å². The van der Waals surface area contributed by atoms with Crippen LogP contribution in [0.4, 0.5) is 5.82 Å². The second-order valence-corrected chi connectivity index (χ2v) is 4.01. The summed E-state index contributed by atoms with van der Waals surface area (Å²) in [4.78, 5) is 15.6. The maximum absolute atomic E-state index is 11.5. The smallest absolute Gasteiger partial charge is 0.225 e. The molecule has 0 aliphatic carbocycles. The van der Waals surface area contributed by atoms with Crippen LogP contribution in [0.3, 0.4) is 0 Å². The quantitative estimate of drug-likeness (QED) is 0.646. The molecule has 0 fully saturated rings. The highest BCUT2D eigenvalue weighted by Crippen LogP contribution is 2.10. The Kier molecular flexibility index (Phi) is 6.03. The molecule has 1 rings (SSSR count). The van der Waals surface area contributed by atoms with E-state index in [-0.39, 0.29) is 5.91 Å². The van der Waals surface area contributed by atoms with Crippen molar-refractivity contribution in [3.63, 3.8) is 0 Å². The van der Waals surface area contributed by atoms with Crippen molar-refractivity contribution < 1.29 is 9.53 Å². The van der Waals surface area contributed by atoms with E-state index in [1.165, 1.54) is 0 Å². The van der Waals surface area contributed by atoms with E-state index in [0.717, 1.165) is 6.42 Å². The van der Waals surface area contributed by atoms with Gasteiger partial charge < -0.3 is 10.1 Å². The van der Waals surface area contributed by atoms with Crippen molar-refractivity contribution in [3.05, 3.63) is 22.8 Å². The highest BCUT2D eigenvalue weighted by molar-refractivity contribution is 9.10. The van der Waals surface area contributed by atoms with Crippen LogP contribution in [0.1, 0.15) is 19.8 Å². The lowest BCUT2D eigenvalue weighted by atomic mass is 10.3. The topological polar surface area (TPSA) is 51.2 Å². The summed E-state index contributed by atoms with van der Waals surface area (Å²) in [6.45, 7) is 3.25. The lowest BCUT2D eigenvalue weighted by Gasteiger charge is -2.04. The summed E-state index contributed by atoms with van der Waals surface area (Å²) in [5, 5.41) is 2.72. The molecule has 4 nitrogen and oxygen atoms in total. The van der Waals surface area contributed by atoms with Gasteiger partial charge in [-0.05, 0) is 41.4 Å². The number of hydrogen-bond donors (Lipinski definition) is 1. The Balaban J connectivity index is 2.29. The minimum atomic E-state index is -0.0368. The molecule has 5 heteroatoms. The van der Waals surface area contributed by atoms with Crippen LogP contribution in [0, 0.1) is 0 Å². The van der Waals surface area contributed by atoms with Crippen LogP contribution in [0.15, 0.2) is 22.8 Å². The predicted octanol–water partition coefficient (Wildman–Crippen LogP) is 2.60. The van der Waals surface area contributed by atoms with Gasteiger partial charge in [-0.15, -0.1) is 0 Å². The zero-order valence-corrected chi connectivity index (χ0v) is 10.8. The summed E-state index contributed by atoms with van der Waals surface area (Å²) in [5.41, 5.74) is 0. The van der Waals surface area contributed by atoms with Crippen molar-refractivity contribution in [1.82, 2.24) is 4.98 Å². The number of aromatic nitrogens is 1. The molecule has 1 aromatic heterocycles. The minimum absolute atomic E-state index is 0.0368. The van der Waals surface area contributed by atoms with Crippen LogP contribution < -0.4 is 5.32 Å². The summed E-state index contributed by atoms with van der Waals surface area (Å²) >= 11 is 3.24. The molecule has 0 atom stereocenters. The van der Waals surface area contributed by atoms with Crippen molar-refractivity contribution in [3.8, 4) is 0 Å². The molecule has 0 saturated heterocycles. The van der Waals surface area contributed by atoms with Crippen LogP contribution in [-0.2, 0) is 9.53 Å². The molecule has 0 bridgehead atoms. The summed E-state index contributed by atoms with van der Waals surface area (Å²) in [7, 11) is 0. The second-order valence-electron chi connectivity index (χ2n) is 3.19. The first kappa shape index (κ1) is 13.1. The minimum Gasteiger partial charge on any atom is -0.382 e.